The van der Waals surface area contributed by atoms with E-state index in [4.69, 9.17) is 4.74 Å². The van der Waals surface area contributed by atoms with E-state index >= 15 is 0 Å². The molecule has 0 amide bonds. The normalized spacial score (nSPS) is 29.6. The van der Waals surface area contributed by atoms with E-state index in [1.807, 2.05) is 6.92 Å². The molecule has 0 radical (unpaired) electrons. The molecule has 208 valence electrons. The highest BCUT2D eigenvalue weighted by atomic mass is 19.2. The second kappa shape index (κ2) is 13.0. The largest absolute Gasteiger partial charge is 0.490 e. The molecule has 1 nitrogen and oxygen atoms in total. The van der Waals surface area contributed by atoms with Gasteiger partial charge in [-0.3, -0.25) is 0 Å². The van der Waals surface area contributed by atoms with Crippen molar-refractivity contribution in [1.82, 2.24) is 0 Å². The fourth-order valence-corrected chi connectivity index (χ4v) is 8.02. The molecule has 3 fully saturated rings. The molecule has 3 saturated carbocycles. The van der Waals surface area contributed by atoms with E-state index < -0.39 is 11.6 Å². The molecule has 4 atom stereocenters. The number of fused-ring (bicyclic) bond motifs is 1. The van der Waals surface area contributed by atoms with Gasteiger partial charge in [-0.1, -0.05) is 69.9 Å². The van der Waals surface area contributed by atoms with E-state index in [0.717, 1.165) is 55.8 Å². The van der Waals surface area contributed by atoms with Crippen LogP contribution in [0.5, 0.6) is 5.75 Å². The van der Waals surface area contributed by atoms with Gasteiger partial charge in [0.05, 0.1) is 6.61 Å². The summed E-state index contributed by atoms with van der Waals surface area (Å²) in [4.78, 5) is 0. The third-order valence-corrected chi connectivity index (χ3v) is 10.3. The van der Waals surface area contributed by atoms with Crippen LogP contribution in [-0.2, 0) is 6.42 Å². The topological polar surface area (TPSA) is 9.23 Å². The molecule has 4 unspecified atom stereocenters. The first-order valence-corrected chi connectivity index (χ1v) is 15.7. The molecular weight excluding hydrogens is 474 g/mol. The van der Waals surface area contributed by atoms with Crippen LogP contribution in [0.15, 0.2) is 36.4 Å². The number of hydrogen-bond donors (Lipinski definition) is 0. The van der Waals surface area contributed by atoms with Crippen molar-refractivity contribution in [3.05, 3.63) is 64.7 Å². The van der Waals surface area contributed by atoms with Crippen molar-refractivity contribution in [2.24, 2.45) is 23.7 Å². The van der Waals surface area contributed by atoms with Crippen LogP contribution in [0.4, 0.5) is 8.78 Å². The van der Waals surface area contributed by atoms with Crippen molar-refractivity contribution in [1.29, 1.82) is 0 Å². The molecule has 5 rings (SSSR count). The van der Waals surface area contributed by atoms with Gasteiger partial charge in [0.1, 0.15) is 0 Å². The van der Waals surface area contributed by atoms with Crippen LogP contribution in [0.3, 0.4) is 0 Å². The van der Waals surface area contributed by atoms with E-state index in [2.05, 4.69) is 31.2 Å². The first kappa shape index (κ1) is 27.7. The third-order valence-electron chi connectivity index (χ3n) is 10.3. The van der Waals surface area contributed by atoms with Gasteiger partial charge in [-0.15, -0.1) is 0 Å². The van der Waals surface area contributed by atoms with Gasteiger partial charge in [-0.2, -0.15) is 4.39 Å². The molecule has 2 aromatic carbocycles. The van der Waals surface area contributed by atoms with Crippen molar-refractivity contribution in [2.45, 2.75) is 116 Å². The zero-order valence-corrected chi connectivity index (χ0v) is 23.7. The molecule has 2 aromatic rings. The summed E-state index contributed by atoms with van der Waals surface area (Å²) in [6.45, 7) is 4.78. The fourth-order valence-electron chi connectivity index (χ4n) is 8.02. The molecule has 3 aliphatic carbocycles. The number of benzene rings is 2. The van der Waals surface area contributed by atoms with Crippen LogP contribution >= 0.6 is 0 Å². The molecule has 0 bridgehead atoms. The summed E-state index contributed by atoms with van der Waals surface area (Å²) in [7, 11) is 0. The highest BCUT2D eigenvalue weighted by Gasteiger charge is 2.35. The predicted octanol–water partition coefficient (Wildman–Crippen LogP) is 10.4. The molecule has 0 aliphatic heterocycles. The summed E-state index contributed by atoms with van der Waals surface area (Å²) in [5.74, 6) is 3.19. The van der Waals surface area contributed by atoms with Gasteiger partial charge in [0.25, 0.3) is 0 Å². The van der Waals surface area contributed by atoms with Gasteiger partial charge >= 0.3 is 0 Å². The maximum absolute atomic E-state index is 14.4. The molecule has 0 N–H and O–H groups in total. The summed E-state index contributed by atoms with van der Waals surface area (Å²) in [5.41, 5.74) is 3.47. The maximum Gasteiger partial charge on any atom is 0.200 e. The second-order valence-corrected chi connectivity index (χ2v) is 12.8. The molecule has 38 heavy (non-hydrogen) atoms. The Kier molecular flexibility index (Phi) is 9.44. The smallest absolute Gasteiger partial charge is 0.200 e. The average molecular weight is 523 g/mol. The van der Waals surface area contributed by atoms with Crippen LogP contribution < -0.4 is 4.74 Å². The van der Waals surface area contributed by atoms with E-state index in [1.54, 1.807) is 17.7 Å². The highest BCUT2D eigenvalue weighted by Crippen LogP contribution is 2.48. The average Bonchev–Trinajstić information content (AvgIpc) is 2.95. The molecule has 0 saturated heterocycles. The number of halogens is 2. The number of rotatable bonds is 9. The van der Waals surface area contributed by atoms with E-state index in [1.165, 1.54) is 56.9 Å². The SMILES string of the molecule is CCCc1ccc(OCC2CCC(c3ccc(C4CCC5CC(CCC)CCC5C4)cc3)CC2)c(F)c1F. The lowest BCUT2D eigenvalue weighted by Gasteiger charge is -2.42. The van der Waals surface area contributed by atoms with Crippen molar-refractivity contribution in [3.63, 3.8) is 0 Å². The Hall–Kier alpha value is -1.90. The quantitative estimate of drug-likeness (QED) is 0.318. The van der Waals surface area contributed by atoms with Crippen LogP contribution in [0, 0.1) is 35.3 Å². The number of ether oxygens (including phenoxy) is 1. The van der Waals surface area contributed by atoms with E-state index in [0.29, 0.717) is 30.4 Å². The number of hydrogen-bond acceptors (Lipinski definition) is 1. The lowest BCUT2D eigenvalue weighted by Crippen LogP contribution is -2.30. The zero-order chi connectivity index (χ0) is 26.5. The molecule has 3 aliphatic rings. The van der Waals surface area contributed by atoms with Crippen molar-refractivity contribution in [2.75, 3.05) is 6.61 Å². The second-order valence-electron chi connectivity index (χ2n) is 12.8. The third kappa shape index (κ3) is 6.45. The van der Waals surface area contributed by atoms with E-state index in [-0.39, 0.29) is 5.75 Å². The summed E-state index contributed by atoms with van der Waals surface area (Å²) >= 11 is 0. The minimum Gasteiger partial charge on any atom is -0.490 e. The molecular formula is C35H48F2O. The Morgan fingerprint density at radius 1 is 0.658 bits per heavy atom. The van der Waals surface area contributed by atoms with Crippen molar-refractivity contribution < 1.29 is 13.5 Å². The van der Waals surface area contributed by atoms with Gasteiger partial charge in [0.2, 0.25) is 5.82 Å². The summed E-state index contributed by atoms with van der Waals surface area (Å²) in [6.07, 6.45) is 17.2. The van der Waals surface area contributed by atoms with Crippen LogP contribution in [-0.4, -0.2) is 6.61 Å². The van der Waals surface area contributed by atoms with Crippen molar-refractivity contribution in [3.8, 4) is 5.75 Å². The Labute approximate surface area is 229 Å². The van der Waals surface area contributed by atoms with Gasteiger partial charge in [0, 0.05) is 0 Å². The summed E-state index contributed by atoms with van der Waals surface area (Å²) in [6, 6.07) is 12.9. The Bertz CT molecular complexity index is 1020. The highest BCUT2D eigenvalue weighted by molar-refractivity contribution is 5.31. The molecule has 0 aromatic heterocycles. The minimum atomic E-state index is -0.831. The van der Waals surface area contributed by atoms with Crippen molar-refractivity contribution >= 4 is 0 Å². The molecule has 3 heteroatoms. The Morgan fingerprint density at radius 2 is 1.29 bits per heavy atom. The van der Waals surface area contributed by atoms with E-state index in [9.17, 15) is 8.78 Å². The molecule has 0 heterocycles. The van der Waals surface area contributed by atoms with Gasteiger partial charge in [-0.05, 0) is 122 Å². The first-order valence-electron chi connectivity index (χ1n) is 15.7. The predicted molar refractivity (Wildman–Crippen MR) is 153 cm³/mol. The summed E-state index contributed by atoms with van der Waals surface area (Å²) < 4.78 is 34.4. The van der Waals surface area contributed by atoms with Crippen LogP contribution in [0.1, 0.15) is 126 Å². The monoisotopic (exact) mass is 522 g/mol. The fraction of sp³-hybridized carbons (Fsp3) is 0.657. The standard InChI is InChI=1S/C35H48F2O/c1-3-5-24-7-12-32-22-31(18-17-30(32)21-24)28-15-13-27(14-16-28)26-10-8-25(9-11-26)23-38-33-20-19-29(6-4-2)34(36)35(33)37/h13-16,19-20,24-26,30-32H,3-12,17-18,21-23H2,1-2H3. The lowest BCUT2D eigenvalue weighted by molar-refractivity contribution is 0.114. The van der Waals surface area contributed by atoms with Crippen LogP contribution in [0.2, 0.25) is 0 Å². The van der Waals surface area contributed by atoms with Gasteiger partial charge < -0.3 is 4.74 Å². The lowest BCUT2D eigenvalue weighted by atomic mass is 9.63. The first-order chi connectivity index (χ1) is 18.6. The zero-order valence-electron chi connectivity index (χ0n) is 23.7. The Balaban J connectivity index is 1.08. The summed E-state index contributed by atoms with van der Waals surface area (Å²) in [5, 5.41) is 0. The van der Waals surface area contributed by atoms with Gasteiger partial charge in [0.15, 0.2) is 11.6 Å². The van der Waals surface area contributed by atoms with Crippen LogP contribution in [0.25, 0.3) is 0 Å². The van der Waals surface area contributed by atoms with Gasteiger partial charge in [-0.25, -0.2) is 4.39 Å². The number of aryl methyl sites for hydroxylation is 1. The maximum atomic E-state index is 14.4. The Morgan fingerprint density at radius 3 is 2.00 bits per heavy atom. The minimum absolute atomic E-state index is 0.0584. The molecule has 0 spiro atoms.